The number of para-hydroxylation sites is 1. The molecule has 1 aromatic heterocycles. The van der Waals surface area contributed by atoms with Gasteiger partial charge in [0.2, 0.25) is 23.7 Å². The molecule has 3 N–H and O–H groups in total. The minimum absolute atomic E-state index is 0.00826. The summed E-state index contributed by atoms with van der Waals surface area (Å²) in [6, 6.07) is 30.1. The zero-order chi connectivity index (χ0) is 44.6. The molecule has 4 aliphatic heterocycles. The highest BCUT2D eigenvalue weighted by Crippen LogP contribution is 2.35. The van der Waals surface area contributed by atoms with Crippen LogP contribution in [0.1, 0.15) is 64.8 Å². The van der Waals surface area contributed by atoms with Crippen LogP contribution in [0.25, 0.3) is 10.9 Å². The molecule has 0 spiro atoms. The zero-order valence-corrected chi connectivity index (χ0v) is 35.9. The Hall–Kier alpha value is -7.36. The van der Waals surface area contributed by atoms with Crippen LogP contribution in [0.15, 0.2) is 103 Å². The molecule has 5 aromatic rings. The number of hydrogen-bond acceptors (Lipinski definition) is 11. The van der Waals surface area contributed by atoms with Crippen molar-refractivity contribution in [3.05, 3.63) is 120 Å². The van der Waals surface area contributed by atoms with Crippen LogP contribution in [0.2, 0.25) is 0 Å². The third-order valence-corrected chi connectivity index (χ3v) is 13.5. The molecule has 10 rings (SSSR count). The molecule has 16 heteroatoms. The van der Waals surface area contributed by atoms with Gasteiger partial charge in [-0.05, 0) is 86.2 Å². The first kappa shape index (κ1) is 41.6. The van der Waals surface area contributed by atoms with Crippen molar-refractivity contribution in [1.82, 2.24) is 30.4 Å². The molecule has 3 saturated heterocycles. The highest BCUT2D eigenvalue weighted by molar-refractivity contribution is 6.23. The van der Waals surface area contributed by atoms with E-state index in [9.17, 15) is 28.8 Å². The van der Waals surface area contributed by atoms with Crippen LogP contribution in [0.4, 0.5) is 27.8 Å². The second-order valence-corrected chi connectivity index (χ2v) is 17.5. The maximum atomic E-state index is 14.0. The lowest BCUT2D eigenvalue weighted by Gasteiger charge is -2.44. The molecule has 0 radical (unpaired) electrons. The fraction of sp³-hybridized carbons (Fsp3) is 0.347. The number of fused-ring (bicyclic) bond motifs is 2. The molecule has 4 aromatic carbocycles. The zero-order valence-electron chi connectivity index (χ0n) is 35.9. The summed E-state index contributed by atoms with van der Waals surface area (Å²) in [4.78, 5) is 96.6. The van der Waals surface area contributed by atoms with Crippen molar-refractivity contribution >= 4 is 69.5 Å². The number of carbonyl (C=O) groups is 6. The van der Waals surface area contributed by atoms with Crippen LogP contribution in [0.3, 0.4) is 0 Å². The summed E-state index contributed by atoms with van der Waals surface area (Å²) < 4.78 is 0. The Kier molecular flexibility index (Phi) is 11.3. The van der Waals surface area contributed by atoms with Crippen LogP contribution < -0.4 is 30.7 Å². The SMILES string of the molecule is O=C1CCC(N2C(=O)c3ccc(N4CC(C(=O)N5CCN(c6ccc(N(C(=O)NCc7ccccc7)C7CCC(Nc8ncc9ccccc9n8)CC7)cc6)CC5)C4)cc3C2=O)C(=O)N1. The number of hydrogen-bond donors (Lipinski definition) is 3. The number of benzene rings is 4. The number of aromatic nitrogens is 2. The number of amides is 7. The number of imide groups is 2. The molecule has 7 amide bonds. The van der Waals surface area contributed by atoms with E-state index in [1.165, 1.54) is 0 Å². The summed E-state index contributed by atoms with van der Waals surface area (Å²) in [5.41, 5.74) is 4.98. The molecular weight excluding hydrogens is 825 g/mol. The van der Waals surface area contributed by atoms with Crippen LogP contribution in [-0.4, -0.2) is 113 Å². The summed E-state index contributed by atoms with van der Waals surface area (Å²) in [5, 5.41) is 9.92. The van der Waals surface area contributed by atoms with Crippen LogP contribution in [0, 0.1) is 5.92 Å². The predicted molar refractivity (Wildman–Crippen MR) is 244 cm³/mol. The molecule has 5 heterocycles. The molecule has 332 valence electrons. The van der Waals surface area contributed by atoms with Gasteiger partial charge < -0.3 is 25.3 Å². The average molecular weight is 875 g/mol. The maximum Gasteiger partial charge on any atom is 0.322 e. The van der Waals surface area contributed by atoms with Crippen molar-refractivity contribution in [3.63, 3.8) is 0 Å². The van der Waals surface area contributed by atoms with Crippen molar-refractivity contribution in [2.75, 3.05) is 59.3 Å². The Balaban J connectivity index is 0.736. The van der Waals surface area contributed by atoms with Crippen molar-refractivity contribution in [1.29, 1.82) is 0 Å². The topological polar surface area (TPSA) is 180 Å². The monoisotopic (exact) mass is 874 g/mol. The van der Waals surface area contributed by atoms with Crippen molar-refractivity contribution in [2.24, 2.45) is 5.92 Å². The van der Waals surface area contributed by atoms with Gasteiger partial charge in [-0.3, -0.25) is 39.1 Å². The summed E-state index contributed by atoms with van der Waals surface area (Å²) >= 11 is 0. The smallest absolute Gasteiger partial charge is 0.322 e. The minimum atomic E-state index is -1.02. The highest BCUT2D eigenvalue weighted by atomic mass is 16.2. The third-order valence-electron chi connectivity index (χ3n) is 13.5. The van der Waals surface area contributed by atoms with Crippen molar-refractivity contribution < 1.29 is 28.8 Å². The fourth-order valence-corrected chi connectivity index (χ4v) is 9.82. The normalized spacial score (nSPS) is 21.2. The van der Waals surface area contributed by atoms with Gasteiger partial charge >= 0.3 is 6.03 Å². The summed E-state index contributed by atoms with van der Waals surface area (Å²) in [7, 11) is 0. The van der Waals surface area contributed by atoms with Gasteiger partial charge in [0.05, 0.1) is 22.6 Å². The summed E-state index contributed by atoms with van der Waals surface area (Å²) in [5.74, 6) is -1.63. The molecule has 1 unspecified atom stereocenters. The van der Waals surface area contributed by atoms with Crippen LogP contribution in [-0.2, 0) is 20.9 Å². The first-order valence-corrected chi connectivity index (χ1v) is 22.5. The van der Waals surface area contributed by atoms with E-state index in [0.29, 0.717) is 51.8 Å². The molecule has 65 heavy (non-hydrogen) atoms. The molecule has 4 fully saturated rings. The number of urea groups is 1. The molecule has 16 nitrogen and oxygen atoms in total. The van der Waals surface area contributed by atoms with Gasteiger partial charge in [0.25, 0.3) is 11.8 Å². The van der Waals surface area contributed by atoms with E-state index >= 15 is 0 Å². The lowest BCUT2D eigenvalue weighted by Crippen LogP contribution is -2.58. The lowest BCUT2D eigenvalue weighted by atomic mass is 9.90. The largest absolute Gasteiger partial charge is 0.370 e. The minimum Gasteiger partial charge on any atom is -0.370 e. The number of rotatable bonds is 10. The molecular formula is C49H50N10O6. The van der Waals surface area contributed by atoms with E-state index in [2.05, 4.69) is 38.0 Å². The molecule has 1 atom stereocenters. The summed E-state index contributed by atoms with van der Waals surface area (Å²) in [6.07, 6.45) is 5.38. The number of nitrogens with one attached hydrogen (secondary N) is 3. The van der Waals surface area contributed by atoms with Gasteiger partial charge in [0.1, 0.15) is 6.04 Å². The number of piperazine rings is 1. The van der Waals surface area contributed by atoms with Gasteiger partial charge in [-0.1, -0.05) is 48.5 Å². The maximum absolute atomic E-state index is 14.0. The Bertz CT molecular complexity index is 2660. The third kappa shape index (κ3) is 8.43. The summed E-state index contributed by atoms with van der Waals surface area (Å²) in [6.45, 7) is 3.92. The van der Waals surface area contributed by atoms with E-state index in [1.54, 1.807) is 18.2 Å². The molecule has 1 saturated carbocycles. The standard InChI is InChI=1S/C49H50N10O6/c60-43-21-20-42(44(61)54-43)59-46(63)39-19-18-38(26-40(39)47(59)64)57-29-33(30-57)45(62)56-24-22-55(23-25-56)35-14-16-37(17-15-35)58(49(65)51-27-31-6-2-1-3-7-31)36-12-10-34(11-13-36)52-48-50-28-32-8-4-5-9-41(32)53-48/h1-9,14-19,26,28,33-34,36,42H,10-13,20-25,27,29-30H2,(H,51,65)(H,50,52,53)(H,54,60,61). The Morgan fingerprint density at radius 3 is 2.20 bits per heavy atom. The quantitative estimate of drug-likeness (QED) is 0.162. The van der Waals surface area contributed by atoms with Crippen LogP contribution >= 0.6 is 0 Å². The second-order valence-electron chi connectivity index (χ2n) is 17.5. The number of piperidine rings is 1. The predicted octanol–water partition coefficient (Wildman–Crippen LogP) is 4.96. The van der Waals surface area contributed by atoms with Gasteiger partial charge in [0, 0.05) is 93.0 Å². The number of nitrogens with zero attached hydrogens (tertiary/aromatic N) is 7. The average Bonchev–Trinajstić information content (AvgIpc) is 3.56. The van der Waals surface area contributed by atoms with Crippen molar-refractivity contribution in [3.8, 4) is 0 Å². The lowest BCUT2D eigenvalue weighted by molar-refractivity contribution is -0.137. The second kappa shape index (κ2) is 17.7. The van der Waals surface area contributed by atoms with E-state index in [0.717, 1.165) is 64.1 Å². The van der Waals surface area contributed by atoms with Gasteiger partial charge in [0.15, 0.2) is 0 Å². The molecule has 0 bridgehead atoms. The Morgan fingerprint density at radius 2 is 1.45 bits per heavy atom. The van der Waals surface area contributed by atoms with E-state index < -0.39 is 29.7 Å². The van der Waals surface area contributed by atoms with E-state index in [4.69, 9.17) is 4.98 Å². The van der Waals surface area contributed by atoms with E-state index in [1.807, 2.05) is 87.6 Å². The van der Waals surface area contributed by atoms with Crippen LogP contribution in [0.5, 0.6) is 0 Å². The first-order valence-electron chi connectivity index (χ1n) is 22.5. The van der Waals surface area contributed by atoms with Gasteiger partial charge in [-0.25, -0.2) is 14.8 Å². The fourth-order valence-electron chi connectivity index (χ4n) is 9.82. The Labute approximate surface area is 376 Å². The van der Waals surface area contributed by atoms with Crippen molar-refractivity contribution in [2.45, 2.75) is 63.2 Å². The number of anilines is 4. The number of carbonyl (C=O) groups excluding carboxylic acids is 6. The van der Waals surface area contributed by atoms with Gasteiger partial charge in [-0.15, -0.1) is 0 Å². The highest BCUT2D eigenvalue weighted by Gasteiger charge is 2.45. The van der Waals surface area contributed by atoms with Gasteiger partial charge in [-0.2, -0.15) is 0 Å². The molecule has 5 aliphatic rings. The van der Waals surface area contributed by atoms with E-state index in [-0.39, 0.29) is 53.9 Å². The first-order chi connectivity index (χ1) is 31.7. The Morgan fingerprint density at radius 1 is 0.738 bits per heavy atom. The molecule has 1 aliphatic carbocycles.